The molecule has 0 saturated heterocycles. The fourth-order valence-corrected chi connectivity index (χ4v) is 3.89. The van der Waals surface area contributed by atoms with Crippen LogP contribution in [-0.4, -0.2) is 13.0 Å². The van der Waals surface area contributed by atoms with Gasteiger partial charge in [-0.3, -0.25) is 0 Å². The van der Waals surface area contributed by atoms with E-state index in [-0.39, 0.29) is 0 Å². The first kappa shape index (κ1) is 10.7. The van der Waals surface area contributed by atoms with Crippen molar-refractivity contribution in [3.05, 3.63) is 23.3 Å². The summed E-state index contributed by atoms with van der Waals surface area (Å²) >= 11 is 35.8. The van der Waals surface area contributed by atoms with Gasteiger partial charge in [0.2, 0.25) is 0 Å². The molecule has 0 aliphatic heterocycles. The van der Waals surface area contributed by atoms with Gasteiger partial charge in [-0.2, -0.15) is 0 Å². The molecule has 1 fully saturated rings. The van der Waals surface area contributed by atoms with Crippen LogP contribution in [-0.2, 0) is 0 Å². The van der Waals surface area contributed by atoms with Gasteiger partial charge in [0.1, 0.15) is 0 Å². The normalized spacial score (nSPS) is 31.5. The summed E-state index contributed by atoms with van der Waals surface area (Å²) in [6.45, 7) is 0. The van der Waals surface area contributed by atoms with Crippen molar-refractivity contribution < 1.29 is 0 Å². The highest BCUT2D eigenvalue weighted by molar-refractivity contribution is 6.70. The van der Waals surface area contributed by atoms with E-state index in [1.807, 2.05) is 0 Å². The number of fused-ring (bicyclic) bond motifs is 2. The highest BCUT2D eigenvalue weighted by Gasteiger charge is 2.69. The summed E-state index contributed by atoms with van der Waals surface area (Å²) in [5.74, 6) is 0. The minimum Gasteiger partial charge on any atom is -0.0928 e. The molecule has 0 unspecified atom stereocenters. The Kier molecular flexibility index (Phi) is 2.20. The fourth-order valence-electron chi connectivity index (χ4n) is 1.46. The van der Waals surface area contributed by atoms with E-state index in [0.29, 0.717) is 11.1 Å². The van der Waals surface area contributed by atoms with E-state index in [1.54, 1.807) is 12.2 Å². The Morgan fingerprint density at radius 1 is 0.692 bits per heavy atom. The van der Waals surface area contributed by atoms with Crippen molar-refractivity contribution in [3.8, 4) is 0 Å². The van der Waals surface area contributed by atoms with Gasteiger partial charge in [-0.1, -0.05) is 81.8 Å². The third-order valence-electron chi connectivity index (χ3n) is 2.16. The third-order valence-corrected chi connectivity index (χ3v) is 5.31. The van der Waals surface area contributed by atoms with Crippen molar-refractivity contribution >= 4 is 69.6 Å². The third kappa shape index (κ3) is 1.08. The summed E-state index contributed by atoms with van der Waals surface area (Å²) in [5, 5.41) is 0. The summed E-state index contributed by atoms with van der Waals surface area (Å²) in [7, 11) is 0. The molecule has 1 saturated carbocycles. The van der Waals surface area contributed by atoms with Crippen LogP contribution in [0.3, 0.4) is 0 Å². The van der Waals surface area contributed by atoms with Crippen LogP contribution in [0.2, 0.25) is 0 Å². The molecule has 2 aliphatic carbocycles. The van der Waals surface area contributed by atoms with Gasteiger partial charge in [-0.15, -0.1) is 0 Å². The van der Waals surface area contributed by atoms with Crippen LogP contribution in [0.25, 0.3) is 0 Å². The van der Waals surface area contributed by atoms with E-state index in [2.05, 4.69) is 0 Å². The number of hydrogen-bond donors (Lipinski definition) is 0. The van der Waals surface area contributed by atoms with Gasteiger partial charge in [0.05, 0.1) is 0 Å². The minimum absolute atomic E-state index is 0.409. The van der Waals surface area contributed by atoms with Crippen molar-refractivity contribution in [2.75, 3.05) is 0 Å². The van der Waals surface area contributed by atoms with Crippen LogP contribution in [0.5, 0.6) is 0 Å². The van der Waals surface area contributed by atoms with Crippen molar-refractivity contribution in [1.82, 2.24) is 0 Å². The van der Waals surface area contributed by atoms with Gasteiger partial charge in [-0.25, -0.2) is 0 Å². The van der Waals surface area contributed by atoms with E-state index in [4.69, 9.17) is 69.6 Å². The van der Waals surface area contributed by atoms with E-state index in [9.17, 15) is 0 Å². The van der Waals surface area contributed by atoms with E-state index in [0.717, 1.165) is 0 Å². The molecule has 72 valence electrons. The lowest BCUT2D eigenvalue weighted by Crippen LogP contribution is -2.33. The Hall–Kier alpha value is 1.22. The Bertz CT molecular complexity index is 303. The van der Waals surface area contributed by atoms with Crippen LogP contribution in [0.1, 0.15) is 0 Å². The van der Waals surface area contributed by atoms with Crippen LogP contribution in [0, 0.1) is 0 Å². The number of rotatable bonds is 0. The first-order valence-electron chi connectivity index (χ1n) is 3.29. The predicted molar refractivity (Wildman–Crippen MR) is 59.5 cm³/mol. The zero-order valence-electron chi connectivity index (χ0n) is 5.92. The fraction of sp³-hybridized carbons (Fsp3) is 0.429. The first-order valence-corrected chi connectivity index (χ1v) is 5.56. The monoisotopic (exact) mass is 296 g/mol. The molecule has 0 nitrogen and oxygen atoms in total. The average molecular weight is 299 g/mol. The molecule has 0 aromatic carbocycles. The molecule has 13 heavy (non-hydrogen) atoms. The molecule has 2 bridgehead atoms. The SMILES string of the molecule is ClC1(Cl)C2=CC=C1C(Cl)(Cl)C2(Cl)Cl. The van der Waals surface area contributed by atoms with E-state index in [1.165, 1.54) is 0 Å². The molecule has 0 amide bonds. The Labute approximate surface area is 105 Å². The highest BCUT2D eigenvalue weighted by Crippen LogP contribution is 2.69. The summed E-state index contributed by atoms with van der Waals surface area (Å²) in [4.78, 5) is 0. The van der Waals surface area contributed by atoms with Gasteiger partial charge in [-0.05, 0) is 0 Å². The topological polar surface area (TPSA) is 0 Å². The maximum atomic E-state index is 5.99. The first-order chi connectivity index (χ1) is 5.72. The maximum Gasteiger partial charge on any atom is 0.179 e. The van der Waals surface area contributed by atoms with Gasteiger partial charge >= 0.3 is 0 Å². The highest BCUT2D eigenvalue weighted by atomic mass is 35.5. The average Bonchev–Trinajstić information content (AvgIpc) is 2.27. The molecule has 6 heteroatoms. The molecule has 0 N–H and O–H groups in total. The zero-order chi connectivity index (χ0) is 10.1. The number of halogens is 6. The largest absolute Gasteiger partial charge is 0.179 e. The minimum atomic E-state index is -1.45. The molecule has 0 aromatic heterocycles. The molecule has 2 aliphatic rings. The smallest absolute Gasteiger partial charge is 0.0928 e. The van der Waals surface area contributed by atoms with Crippen molar-refractivity contribution in [2.45, 2.75) is 13.0 Å². The van der Waals surface area contributed by atoms with Gasteiger partial charge in [0, 0.05) is 11.1 Å². The van der Waals surface area contributed by atoms with Gasteiger partial charge < -0.3 is 0 Å². The lowest BCUT2D eigenvalue weighted by molar-refractivity contribution is 0.896. The second-order valence-corrected chi connectivity index (χ2v) is 6.87. The summed E-state index contributed by atoms with van der Waals surface area (Å²) in [5.41, 5.74) is 0.818. The number of alkyl halides is 6. The van der Waals surface area contributed by atoms with Crippen LogP contribution >= 0.6 is 69.6 Å². The quantitative estimate of drug-likeness (QED) is 0.582. The lowest BCUT2D eigenvalue weighted by Gasteiger charge is -2.27. The Morgan fingerprint density at radius 3 is 1.15 bits per heavy atom. The summed E-state index contributed by atoms with van der Waals surface area (Å²) < 4.78 is -4.18. The van der Waals surface area contributed by atoms with Gasteiger partial charge in [0.15, 0.2) is 13.0 Å². The molecule has 0 atom stereocenters. The zero-order valence-corrected chi connectivity index (χ0v) is 10.5. The lowest BCUT2D eigenvalue weighted by atomic mass is 10.2. The van der Waals surface area contributed by atoms with Crippen molar-refractivity contribution in [1.29, 1.82) is 0 Å². The maximum absolute atomic E-state index is 5.99. The van der Waals surface area contributed by atoms with Crippen molar-refractivity contribution in [3.63, 3.8) is 0 Å². The van der Waals surface area contributed by atoms with Gasteiger partial charge in [0.25, 0.3) is 0 Å². The standard InChI is InChI=1S/C7H2Cl6/c8-5(9)3-1-2-4(5)7(12,13)6(3,10)11/h1-2H. The molecule has 0 aromatic rings. The number of allylic oxidation sites excluding steroid dienone is 4. The van der Waals surface area contributed by atoms with E-state index >= 15 is 0 Å². The second kappa shape index (κ2) is 2.66. The van der Waals surface area contributed by atoms with Crippen molar-refractivity contribution in [2.24, 2.45) is 0 Å². The van der Waals surface area contributed by atoms with Crippen LogP contribution in [0.15, 0.2) is 23.3 Å². The van der Waals surface area contributed by atoms with Crippen LogP contribution in [0.4, 0.5) is 0 Å². The molecule has 0 radical (unpaired) electrons. The number of hydrogen-bond acceptors (Lipinski definition) is 0. The Morgan fingerprint density at radius 2 is 1.00 bits per heavy atom. The predicted octanol–water partition coefficient (Wildman–Crippen LogP) is 4.39. The summed E-state index contributed by atoms with van der Waals surface area (Å²) in [6.07, 6.45) is 3.27. The second-order valence-electron chi connectivity index (χ2n) is 2.88. The molecular formula is C7H2Cl6. The molecule has 0 heterocycles. The summed E-state index contributed by atoms with van der Waals surface area (Å²) in [6, 6.07) is 0. The molecule has 2 rings (SSSR count). The van der Waals surface area contributed by atoms with E-state index < -0.39 is 13.0 Å². The molecule has 0 spiro atoms. The van der Waals surface area contributed by atoms with Crippen LogP contribution < -0.4 is 0 Å². The molecular weight excluding hydrogens is 297 g/mol. The Balaban J connectivity index is 2.65.